The number of carbonyl (C=O) groups is 1. The highest BCUT2D eigenvalue weighted by atomic mass is 16.5. The number of ether oxygens (including phenoxy) is 1. The van der Waals surface area contributed by atoms with Gasteiger partial charge in [0, 0.05) is 18.6 Å². The molecule has 6 heteroatoms. The summed E-state index contributed by atoms with van der Waals surface area (Å²) in [6, 6.07) is 7.16. The van der Waals surface area contributed by atoms with Crippen molar-refractivity contribution >= 4 is 22.7 Å². The van der Waals surface area contributed by atoms with E-state index in [1.54, 1.807) is 30.6 Å². The van der Waals surface area contributed by atoms with Crippen LogP contribution in [0.5, 0.6) is 0 Å². The molecule has 0 aliphatic heterocycles. The summed E-state index contributed by atoms with van der Waals surface area (Å²) in [6.07, 6.45) is 4.45. The first-order valence-corrected chi connectivity index (χ1v) is 5.41. The Hall–Kier alpha value is -2.94. The van der Waals surface area contributed by atoms with Crippen LogP contribution >= 0.6 is 0 Å². The molecular formula is C13H10N4O2. The maximum Gasteiger partial charge on any atom is 0.350 e. The molecule has 2 rings (SSSR count). The first kappa shape index (κ1) is 12.5. The van der Waals surface area contributed by atoms with Gasteiger partial charge >= 0.3 is 5.97 Å². The number of rotatable bonds is 3. The van der Waals surface area contributed by atoms with Crippen molar-refractivity contribution in [3.63, 3.8) is 0 Å². The Balaban J connectivity index is 2.34. The zero-order valence-electron chi connectivity index (χ0n) is 10.1. The van der Waals surface area contributed by atoms with Gasteiger partial charge in [0.05, 0.1) is 18.3 Å². The summed E-state index contributed by atoms with van der Waals surface area (Å²) in [7, 11) is 1.22. The first-order chi connectivity index (χ1) is 9.26. The van der Waals surface area contributed by atoms with Gasteiger partial charge in [-0.2, -0.15) is 5.26 Å². The minimum atomic E-state index is -0.693. The molecule has 0 saturated heterocycles. The Bertz CT molecular complexity index is 683. The van der Waals surface area contributed by atoms with Crippen molar-refractivity contribution in [2.75, 3.05) is 12.4 Å². The molecule has 0 amide bonds. The van der Waals surface area contributed by atoms with E-state index < -0.39 is 5.97 Å². The number of hydrogen-bond acceptors (Lipinski definition) is 6. The van der Waals surface area contributed by atoms with E-state index in [9.17, 15) is 4.79 Å². The predicted octanol–water partition coefficient (Wildman–Crippen LogP) is 1.62. The van der Waals surface area contributed by atoms with Crippen LogP contribution in [0.2, 0.25) is 0 Å². The Kier molecular flexibility index (Phi) is 3.69. The molecule has 1 aromatic heterocycles. The summed E-state index contributed by atoms with van der Waals surface area (Å²) in [5, 5.41) is 11.7. The number of hydrogen-bond donors (Lipinski definition) is 1. The number of nitriles is 1. The van der Waals surface area contributed by atoms with Crippen molar-refractivity contribution in [2.45, 2.75) is 0 Å². The first-order valence-electron chi connectivity index (χ1n) is 5.41. The standard InChI is InChI=1S/C13H10N4O2/c1-19-13(18)9(7-14)8-17-11-4-2-3-10-12(11)16-6-5-15-10/h2-6,8,17H,1H3/b9-8-. The second-order valence-corrected chi connectivity index (χ2v) is 3.54. The number of fused-ring (bicyclic) bond motifs is 1. The number of aromatic nitrogens is 2. The summed E-state index contributed by atoms with van der Waals surface area (Å²) in [6.45, 7) is 0. The van der Waals surface area contributed by atoms with Crippen LogP contribution in [0.15, 0.2) is 42.4 Å². The summed E-state index contributed by atoms with van der Waals surface area (Å²) in [5.74, 6) is -0.693. The summed E-state index contributed by atoms with van der Waals surface area (Å²) >= 11 is 0. The largest absolute Gasteiger partial charge is 0.465 e. The average molecular weight is 254 g/mol. The van der Waals surface area contributed by atoms with E-state index in [2.05, 4.69) is 20.0 Å². The fourth-order valence-electron chi connectivity index (χ4n) is 1.51. The van der Waals surface area contributed by atoms with E-state index in [-0.39, 0.29) is 5.57 Å². The molecule has 0 spiro atoms. The number of anilines is 1. The highest BCUT2D eigenvalue weighted by Crippen LogP contribution is 2.19. The van der Waals surface area contributed by atoms with Gasteiger partial charge in [-0.25, -0.2) is 4.79 Å². The quantitative estimate of drug-likeness (QED) is 0.508. The van der Waals surface area contributed by atoms with Crippen molar-refractivity contribution in [3.8, 4) is 6.07 Å². The lowest BCUT2D eigenvalue weighted by molar-refractivity contribution is -0.135. The van der Waals surface area contributed by atoms with E-state index >= 15 is 0 Å². The third kappa shape index (κ3) is 2.66. The molecule has 0 atom stereocenters. The van der Waals surface area contributed by atoms with Gasteiger partial charge in [-0.15, -0.1) is 0 Å². The summed E-state index contributed by atoms with van der Waals surface area (Å²) < 4.78 is 4.48. The van der Waals surface area contributed by atoms with Crippen molar-refractivity contribution in [1.82, 2.24) is 9.97 Å². The van der Waals surface area contributed by atoms with Gasteiger partial charge in [0.2, 0.25) is 0 Å². The average Bonchev–Trinajstić information content (AvgIpc) is 2.47. The molecule has 0 aliphatic rings. The van der Waals surface area contributed by atoms with E-state index in [4.69, 9.17) is 5.26 Å². The second kappa shape index (κ2) is 5.60. The molecule has 1 heterocycles. The normalized spacial score (nSPS) is 10.8. The third-order valence-corrected chi connectivity index (χ3v) is 2.40. The Morgan fingerprint density at radius 2 is 2.21 bits per heavy atom. The van der Waals surface area contributed by atoms with Crippen LogP contribution in [-0.2, 0) is 9.53 Å². The molecule has 0 saturated carbocycles. The highest BCUT2D eigenvalue weighted by molar-refractivity contribution is 5.94. The number of para-hydroxylation sites is 1. The zero-order valence-corrected chi connectivity index (χ0v) is 10.1. The smallest absolute Gasteiger partial charge is 0.350 e. The molecule has 6 nitrogen and oxygen atoms in total. The van der Waals surface area contributed by atoms with Gasteiger partial charge in [0.1, 0.15) is 11.6 Å². The van der Waals surface area contributed by atoms with E-state index in [1.165, 1.54) is 13.3 Å². The maximum atomic E-state index is 11.2. The fraction of sp³-hybridized carbons (Fsp3) is 0.0769. The Morgan fingerprint density at radius 3 is 2.95 bits per heavy atom. The predicted molar refractivity (Wildman–Crippen MR) is 68.9 cm³/mol. The van der Waals surface area contributed by atoms with Crippen molar-refractivity contribution < 1.29 is 9.53 Å². The Labute approximate surface area is 109 Å². The van der Waals surface area contributed by atoms with Crippen LogP contribution in [0.1, 0.15) is 0 Å². The minimum Gasteiger partial charge on any atom is -0.465 e. The topological polar surface area (TPSA) is 87.9 Å². The molecule has 19 heavy (non-hydrogen) atoms. The Morgan fingerprint density at radius 1 is 1.42 bits per heavy atom. The number of benzene rings is 1. The van der Waals surface area contributed by atoms with Crippen LogP contribution in [-0.4, -0.2) is 23.0 Å². The summed E-state index contributed by atoms with van der Waals surface area (Å²) in [5.41, 5.74) is 1.91. The van der Waals surface area contributed by atoms with E-state index in [0.29, 0.717) is 11.2 Å². The molecule has 1 N–H and O–H groups in total. The lowest BCUT2D eigenvalue weighted by atomic mass is 10.2. The number of nitrogens with zero attached hydrogens (tertiary/aromatic N) is 3. The maximum absolute atomic E-state index is 11.2. The van der Waals surface area contributed by atoms with Gasteiger partial charge in [-0.1, -0.05) is 6.07 Å². The van der Waals surface area contributed by atoms with Crippen LogP contribution in [0.25, 0.3) is 11.0 Å². The second-order valence-electron chi connectivity index (χ2n) is 3.54. The van der Waals surface area contributed by atoms with E-state index in [1.807, 2.05) is 6.07 Å². The number of methoxy groups -OCH3 is 1. The van der Waals surface area contributed by atoms with Crippen LogP contribution < -0.4 is 5.32 Å². The lowest BCUT2D eigenvalue weighted by Crippen LogP contribution is -2.05. The van der Waals surface area contributed by atoms with Crippen LogP contribution in [0.4, 0.5) is 5.69 Å². The monoisotopic (exact) mass is 254 g/mol. The molecular weight excluding hydrogens is 244 g/mol. The number of esters is 1. The van der Waals surface area contributed by atoms with Crippen molar-refractivity contribution in [3.05, 3.63) is 42.4 Å². The molecule has 0 radical (unpaired) electrons. The minimum absolute atomic E-state index is 0.122. The van der Waals surface area contributed by atoms with Gasteiger partial charge < -0.3 is 10.1 Å². The number of nitrogens with one attached hydrogen (secondary N) is 1. The highest BCUT2D eigenvalue weighted by Gasteiger charge is 2.08. The van der Waals surface area contributed by atoms with Crippen LogP contribution in [0.3, 0.4) is 0 Å². The van der Waals surface area contributed by atoms with Crippen LogP contribution in [0, 0.1) is 11.3 Å². The molecule has 0 aliphatic carbocycles. The van der Waals surface area contributed by atoms with Crippen molar-refractivity contribution in [1.29, 1.82) is 5.26 Å². The summed E-state index contributed by atoms with van der Waals surface area (Å²) in [4.78, 5) is 19.6. The fourth-order valence-corrected chi connectivity index (χ4v) is 1.51. The zero-order chi connectivity index (χ0) is 13.7. The molecule has 0 fully saturated rings. The molecule has 0 bridgehead atoms. The van der Waals surface area contributed by atoms with Gasteiger partial charge in [0.25, 0.3) is 0 Å². The lowest BCUT2D eigenvalue weighted by Gasteiger charge is -2.04. The third-order valence-electron chi connectivity index (χ3n) is 2.40. The van der Waals surface area contributed by atoms with Gasteiger partial charge in [-0.05, 0) is 12.1 Å². The molecule has 2 aromatic rings. The molecule has 94 valence electrons. The van der Waals surface area contributed by atoms with E-state index in [0.717, 1.165) is 5.52 Å². The van der Waals surface area contributed by atoms with Gasteiger partial charge in [0.15, 0.2) is 5.57 Å². The SMILES string of the molecule is COC(=O)/C(C#N)=C\Nc1cccc2nccnc12. The molecule has 0 unspecified atom stereocenters. The molecule has 1 aromatic carbocycles. The van der Waals surface area contributed by atoms with Crippen molar-refractivity contribution in [2.24, 2.45) is 0 Å². The number of carbonyl (C=O) groups excluding carboxylic acids is 1. The van der Waals surface area contributed by atoms with Gasteiger partial charge in [-0.3, -0.25) is 9.97 Å².